The van der Waals surface area contributed by atoms with Crippen LogP contribution in [-0.4, -0.2) is 43.1 Å². The zero-order valence-corrected chi connectivity index (χ0v) is 18.5. The molecule has 0 bridgehead atoms. The lowest BCUT2D eigenvalue weighted by atomic mass is 10.0. The summed E-state index contributed by atoms with van der Waals surface area (Å²) in [7, 11) is 7.42. The Kier molecular flexibility index (Phi) is 7.52. The van der Waals surface area contributed by atoms with Crippen LogP contribution in [0.4, 0.5) is 0 Å². The number of Topliss-reactive ketones (excluding diaryl/α,β-unsaturated/α-hetero) is 1. The standard InChI is InChI=1S/C25H32N2O3/c1-26(17-19-13-14-24(29-3)25(16-19)30-4)15-9-5-6-12-23(28)21-18-27(2)22-11-8-7-10-20(21)22/h7-8,10-11,13-14,16,18H,5-6,9,12,15,17H2,1-4H3. The molecule has 0 saturated heterocycles. The summed E-state index contributed by atoms with van der Waals surface area (Å²) in [6, 6.07) is 14.1. The van der Waals surface area contributed by atoms with E-state index in [1.807, 2.05) is 48.1 Å². The molecule has 0 saturated carbocycles. The first-order valence-corrected chi connectivity index (χ1v) is 10.5. The van der Waals surface area contributed by atoms with Crippen molar-refractivity contribution in [3.8, 4) is 11.5 Å². The van der Waals surface area contributed by atoms with Gasteiger partial charge in [-0.25, -0.2) is 0 Å². The fourth-order valence-corrected chi connectivity index (χ4v) is 3.91. The van der Waals surface area contributed by atoms with E-state index >= 15 is 0 Å². The van der Waals surface area contributed by atoms with E-state index in [9.17, 15) is 4.79 Å². The zero-order chi connectivity index (χ0) is 21.5. The number of benzene rings is 2. The van der Waals surface area contributed by atoms with Crippen molar-refractivity contribution in [3.63, 3.8) is 0 Å². The van der Waals surface area contributed by atoms with Gasteiger partial charge in [-0.05, 0) is 50.2 Å². The van der Waals surface area contributed by atoms with Gasteiger partial charge in [0.1, 0.15) is 0 Å². The van der Waals surface area contributed by atoms with E-state index in [1.165, 1.54) is 5.56 Å². The highest BCUT2D eigenvalue weighted by atomic mass is 16.5. The van der Waals surface area contributed by atoms with Gasteiger partial charge in [-0.1, -0.05) is 30.7 Å². The van der Waals surface area contributed by atoms with Crippen LogP contribution < -0.4 is 9.47 Å². The zero-order valence-electron chi connectivity index (χ0n) is 18.5. The van der Waals surface area contributed by atoms with Gasteiger partial charge >= 0.3 is 0 Å². The van der Waals surface area contributed by atoms with Gasteiger partial charge in [0, 0.05) is 42.7 Å². The quantitative estimate of drug-likeness (QED) is 0.328. The number of unbranched alkanes of at least 4 members (excludes halogenated alkanes) is 2. The number of hydrogen-bond donors (Lipinski definition) is 0. The minimum absolute atomic E-state index is 0.241. The number of ketones is 1. The number of nitrogens with zero attached hydrogens (tertiary/aromatic N) is 2. The van der Waals surface area contributed by atoms with E-state index in [1.54, 1.807) is 14.2 Å². The highest BCUT2D eigenvalue weighted by Gasteiger charge is 2.13. The second-order valence-corrected chi connectivity index (χ2v) is 7.83. The maximum atomic E-state index is 12.7. The van der Waals surface area contributed by atoms with Crippen LogP contribution in [-0.2, 0) is 13.6 Å². The van der Waals surface area contributed by atoms with E-state index in [0.29, 0.717) is 6.42 Å². The molecular weight excluding hydrogens is 376 g/mol. The summed E-state index contributed by atoms with van der Waals surface area (Å²) in [5.74, 6) is 1.75. The molecule has 0 unspecified atom stereocenters. The number of carbonyl (C=O) groups is 1. The molecule has 1 heterocycles. The van der Waals surface area contributed by atoms with Crippen molar-refractivity contribution in [1.29, 1.82) is 0 Å². The number of hydrogen-bond acceptors (Lipinski definition) is 4. The molecule has 0 aliphatic carbocycles. The lowest BCUT2D eigenvalue weighted by Crippen LogP contribution is -2.19. The molecule has 0 fully saturated rings. The largest absolute Gasteiger partial charge is 0.493 e. The molecule has 30 heavy (non-hydrogen) atoms. The first kappa shape index (κ1) is 21.9. The van der Waals surface area contributed by atoms with Crippen molar-refractivity contribution in [3.05, 3.63) is 59.8 Å². The van der Waals surface area contributed by atoms with Crippen molar-refractivity contribution >= 4 is 16.7 Å². The fourth-order valence-electron chi connectivity index (χ4n) is 3.91. The van der Waals surface area contributed by atoms with Crippen molar-refractivity contribution in [1.82, 2.24) is 9.47 Å². The molecule has 5 nitrogen and oxygen atoms in total. The van der Waals surface area contributed by atoms with Crippen LogP contribution in [0.2, 0.25) is 0 Å². The Hall–Kier alpha value is -2.79. The van der Waals surface area contributed by atoms with Gasteiger partial charge in [0.25, 0.3) is 0 Å². The Balaban J connectivity index is 1.42. The van der Waals surface area contributed by atoms with E-state index in [0.717, 1.165) is 60.3 Å². The van der Waals surface area contributed by atoms with Crippen LogP contribution in [0, 0.1) is 0 Å². The number of fused-ring (bicyclic) bond motifs is 1. The minimum Gasteiger partial charge on any atom is -0.493 e. The van der Waals surface area contributed by atoms with Gasteiger partial charge in [0.15, 0.2) is 17.3 Å². The summed E-state index contributed by atoms with van der Waals surface area (Å²) in [6.45, 7) is 1.85. The predicted molar refractivity (Wildman–Crippen MR) is 122 cm³/mol. The van der Waals surface area contributed by atoms with Gasteiger partial charge in [-0.15, -0.1) is 0 Å². The molecule has 5 heteroatoms. The minimum atomic E-state index is 0.241. The number of methoxy groups -OCH3 is 2. The first-order valence-electron chi connectivity index (χ1n) is 10.5. The lowest BCUT2D eigenvalue weighted by Gasteiger charge is -2.17. The Bertz CT molecular complexity index is 993. The SMILES string of the molecule is COc1ccc(CN(C)CCCCCC(=O)c2cn(C)c3ccccc23)cc1OC. The third-order valence-electron chi connectivity index (χ3n) is 5.54. The third kappa shape index (κ3) is 5.22. The second-order valence-electron chi connectivity index (χ2n) is 7.83. The van der Waals surface area contributed by atoms with Crippen LogP contribution in [0.15, 0.2) is 48.7 Å². The van der Waals surface area contributed by atoms with Gasteiger partial charge in [0.05, 0.1) is 14.2 Å². The number of ether oxygens (including phenoxy) is 2. The number of aromatic nitrogens is 1. The first-order chi connectivity index (χ1) is 14.5. The Morgan fingerprint density at radius 1 is 1.00 bits per heavy atom. The van der Waals surface area contributed by atoms with E-state index in [2.05, 4.69) is 24.1 Å². The van der Waals surface area contributed by atoms with Crippen molar-refractivity contribution in [2.45, 2.75) is 32.2 Å². The van der Waals surface area contributed by atoms with Gasteiger partial charge in [-0.3, -0.25) is 4.79 Å². The van der Waals surface area contributed by atoms with E-state index in [-0.39, 0.29) is 5.78 Å². The maximum absolute atomic E-state index is 12.7. The molecule has 3 rings (SSSR count). The molecule has 3 aromatic rings. The number of rotatable bonds is 11. The van der Waals surface area contributed by atoms with Crippen LogP contribution >= 0.6 is 0 Å². The monoisotopic (exact) mass is 408 g/mol. The molecule has 0 atom stereocenters. The summed E-state index contributed by atoms with van der Waals surface area (Å²) in [4.78, 5) is 15.0. The van der Waals surface area contributed by atoms with Crippen LogP contribution in [0.25, 0.3) is 10.9 Å². The highest BCUT2D eigenvalue weighted by molar-refractivity contribution is 6.08. The highest BCUT2D eigenvalue weighted by Crippen LogP contribution is 2.28. The molecule has 0 N–H and O–H groups in total. The van der Waals surface area contributed by atoms with Gasteiger partial charge in [0.2, 0.25) is 0 Å². The topological polar surface area (TPSA) is 43.7 Å². The summed E-state index contributed by atoms with van der Waals surface area (Å²) >= 11 is 0. The van der Waals surface area contributed by atoms with Crippen LogP contribution in [0.3, 0.4) is 0 Å². The Labute approximate surface area is 179 Å². The maximum Gasteiger partial charge on any atom is 0.165 e. The molecule has 0 radical (unpaired) electrons. The molecule has 0 amide bonds. The molecule has 0 aliphatic heterocycles. The number of para-hydroxylation sites is 1. The van der Waals surface area contributed by atoms with E-state index in [4.69, 9.17) is 9.47 Å². The summed E-state index contributed by atoms with van der Waals surface area (Å²) < 4.78 is 12.7. The fraction of sp³-hybridized carbons (Fsp3) is 0.400. The Morgan fingerprint density at radius 2 is 1.77 bits per heavy atom. The van der Waals surface area contributed by atoms with Crippen molar-refractivity contribution in [2.24, 2.45) is 7.05 Å². The average Bonchev–Trinajstić information content (AvgIpc) is 3.10. The molecular formula is C25H32N2O3. The third-order valence-corrected chi connectivity index (χ3v) is 5.54. The van der Waals surface area contributed by atoms with Crippen LogP contribution in [0.5, 0.6) is 11.5 Å². The molecule has 2 aromatic carbocycles. The van der Waals surface area contributed by atoms with Crippen molar-refractivity contribution in [2.75, 3.05) is 27.8 Å². The Morgan fingerprint density at radius 3 is 2.53 bits per heavy atom. The molecule has 0 spiro atoms. The summed E-state index contributed by atoms with van der Waals surface area (Å²) in [5.41, 5.74) is 3.15. The number of aryl methyl sites for hydroxylation is 1. The molecule has 0 aliphatic rings. The summed E-state index contributed by atoms with van der Waals surface area (Å²) in [5, 5.41) is 1.06. The summed E-state index contributed by atoms with van der Waals surface area (Å²) in [6.07, 6.45) is 5.61. The second kappa shape index (κ2) is 10.3. The predicted octanol–water partition coefficient (Wildman–Crippen LogP) is 5.07. The smallest absolute Gasteiger partial charge is 0.165 e. The van der Waals surface area contributed by atoms with Crippen LogP contribution in [0.1, 0.15) is 41.6 Å². The average molecular weight is 409 g/mol. The van der Waals surface area contributed by atoms with Gasteiger partial charge < -0.3 is 18.9 Å². The normalized spacial score (nSPS) is 11.2. The van der Waals surface area contributed by atoms with Crippen molar-refractivity contribution < 1.29 is 14.3 Å². The molecule has 1 aromatic heterocycles. The lowest BCUT2D eigenvalue weighted by molar-refractivity contribution is 0.0980. The molecule has 160 valence electrons. The van der Waals surface area contributed by atoms with E-state index < -0.39 is 0 Å². The van der Waals surface area contributed by atoms with Gasteiger partial charge in [-0.2, -0.15) is 0 Å². The number of carbonyl (C=O) groups excluding carboxylic acids is 1.